The molecular weight excluding hydrogens is 308 g/mol. The van der Waals surface area contributed by atoms with Gasteiger partial charge >= 0.3 is 0 Å². The van der Waals surface area contributed by atoms with Gasteiger partial charge in [0.25, 0.3) is 0 Å². The van der Waals surface area contributed by atoms with Gasteiger partial charge in [0, 0.05) is 32.9 Å². The van der Waals surface area contributed by atoms with Crippen molar-refractivity contribution in [2.24, 2.45) is 0 Å². The van der Waals surface area contributed by atoms with Crippen LogP contribution in [-0.4, -0.2) is 58.8 Å². The first kappa shape index (κ1) is 18.4. The Morgan fingerprint density at radius 3 is 2.79 bits per heavy atom. The molecule has 1 aliphatic heterocycles. The normalized spacial score (nSPS) is 18.7. The molecule has 1 N–H and O–H groups in total. The molecular formula is C17H28N4O3. The molecule has 0 radical (unpaired) electrons. The lowest BCUT2D eigenvalue weighted by molar-refractivity contribution is -0.137. The fourth-order valence-corrected chi connectivity index (χ4v) is 3.31. The first-order valence-electron chi connectivity index (χ1n) is 8.50. The first-order valence-corrected chi connectivity index (χ1v) is 8.50. The molecule has 0 unspecified atom stereocenters. The number of rotatable bonds is 7. The van der Waals surface area contributed by atoms with Crippen LogP contribution in [-0.2, 0) is 20.9 Å². The number of aryl methyl sites for hydroxylation is 2. The van der Waals surface area contributed by atoms with Crippen LogP contribution in [0.4, 0.5) is 0 Å². The summed E-state index contributed by atoms with van der Waals surface area (Å²) < 4.78 is 7.04. The average Bonchev–Trinajstić information content (AvgIpc) is 3.09. The molecule has 1 fully saturated rings. The van der Waals surface area contributed by atoms with Gasteiger partial charge in [0.1, 0.15) is 6.04 Å². The fraction of sp³-hybridized carbons (Fsp3) is 0.706. The van der Waals surface area contributed by atoms with Gasteiger partial charge < -0.3 is 15.0 Å². The molecule has 134 valence electrons. The molecule has 0 aliphatic carbocycles. The van der Waals surface area contributed by atoms with Crippen molar-refractivity contribution in [1.82, 2.24) is 20.0 Å². The number of carbonyl (C=O) groups excluding carboxylic acids is 2. The van der Waals surface area contributed by atoms with Crippen LogP contribution in [0.3, 0.4) is 0 Å². The zero-order chi connectivity index (χ0) is 17.7. The first-order chi connectivity index (χ1) is 11.4. The van der Waals surface area contributed by atoms with Crippen LogP contribution >= 0.6 is 0 Å². The Balaban J connectivity index is 2.07. The monoisotopic (exact) mass is 336 g/mol. The minimum Gasteiger partial charge on any atom is -0.385 e. The molecule has 2 amide bonds. The molecule has 1 aromatic rings. The Morgan fingerprint density at radius 2 is 2.21 bits per heavy atom. The predicted octanol–water partition coefficient (Wildman–Crippen LogP) is 1.03. The maximum atomic E-state index is 12.9. The van der Waals surface area contributed by atoms with E-state index in [4.69, 9.17) is 4.74 Å². The number of hydrogen-bond donors (Lipinski definition) is 1. The summed E-state index contributed by atoms with van der Waals surface area (Å²) in [4.78, 5) is 26.2. The van der Waals surface area contributed by atoms with Crippen molar-refractivity contribution in [3.8, 4) is 0 Å². The van der Waals surface area contributed by atoms with Crippen LogP contribution in [0.15, 0.2) is 6.07 Å². The van der Waals surface area contributed by atoms with E-state index in [0.29, 0.717) is 19.6 Å². The number of methoxy groups -OCH3 is 1. The van der Waals surface area contributed by atoms with E-state index in [1.165, 1.54) is 6.92 Å². The molecule has 2 rings (SSSR count). The average molecular weight is 336 g/mol. The van der Waals surface area contributed by atoms with Gasteiger partial charge in [0.2, 0.25) is 11.8 Å². The Bertz CT molecular complexity index is 584. The molecule has 2 atom stereocenters. The minimum absolute atomic E-state index is 0.0220. The second kappa shape index (κ2) is 8.28. The Labute approximate surface area is 143 Å². The molecule has 0 spiro atoms. The van der Waals surface area contributed by atoms with Gasteiger partial charge in [0.15, 0.2) is 0 Å². The highest BCUT2D eigenvalue weighted by molar-refractivity contribution is 5.87. The number of nitrogens with zero attached hydrogens (tertiary/aromatic N) is 3. The molecule has 7 heteroatoms. The summed E-state index contributed by atoms with van der Waals surface area (Å²) in [6.45, 7) is 7.30. The number of likely N-dealkylation sites (tertiary alicyclic amines) is 1. The number of nitrogens with one attached hydrogen (secondary N) is 1. The highest BCUT2D eigenvalue weighted by Gasteiger charge is 2.33. The lowest BCUT2D eigenvalue weighted by atomic mass is 10.1. The smallest absolute Gasteiger partial charge is 0.245 e. The summed E-state index contributed by atoms with van der Waals surface area (Å²) in [5.41, 5.74) is 2.09. The standard InChI is InChI=1S/C17H28N4O3/c1-12-10-13(2)21(19-12)11-15-6-5-8-20(15)17(23)16(7-9-24-4)18-14(3)22/h10,15-16H,5-9,11H2,1-4H3,(H,18,22)/t15-,16+/m0/s1. The quantitative estimate of drug-likeness (QED) is 0.807. The van der Waals surface area contributed by atoms with Gasteiger partial charge in [0.05, 0.1) is 18.3 Å². The van der Waals surface area contributed by atoms with E-state index in [1.54, 1.807) is 7.11 Å². The summed E-state index contributed by atoms with van der Waals surface area (Å²) in [7, 11) is 1.59. The lowest BCUT2D eigenvalue weighted by Crippen LogP contribution is -2.50. The minimum atomic E-state index is -0.525. The maximum Gasteiger partial charge on any atom is 0.245 e. The van der Waals surface area contributed by atoms with E-state index in [2.05, 4.69) is 10.4 Å². The van der Waals surface area contributed by atoms with Crippen molar-refractivity contribution < 1.29 is 14.3 Å². The number of amides is 2. The molecule has 1 saturated heterocycles. The Hall–Kier alpha value is -1.89. The van der Waals surface area contributed by atoms with E-state index in [-0.39, 0.29) is 17.9 Å². The van der Waals surface area contributed by atoms with Gasteiger partial charge in [-0.1, -0.05) is 0 Å². The van der Waals surface area contributed by atoms with Crippen LogP contribution in [0.5, 0.6) is 0 Å². The SMILES string of the molecule is COCC[C@@H](NC(C)=O)C(=O)N1CCC[C@H]1Cn1nc(C)cc1C. The van der Waals surface area contributed by atoms with Gasteiger partial charge in [-0.15, -0.1) is 0 Å². The third-order valence-electron chi connectivity index (χ3n) is 4.43. The molecule has 2 heterocycles. The summed E-state index contributed by atoms with van der Waals surface area (Å²) in [6.07, 6.45) is 2.42. The van der Waals surface area contributed by atoms with Crippen molar-refractivity contribution in [1.29, 1.82) is 0 Å². The molecule has 0 aromatic carbocycles. The lowest BCUT2D eigenvalue weighted by Gasteiger charge is -2.29. The van der Waals surface area contributed by atoms with Crippen LogP contribution in [0.25, 0.3) is 0 Å². The predicted molar refractivity (Wildman–Crippen MR) is 90.5 cm³/mol. The molecule has 24 heavy (non-hydrogen) atoms. The molecule has 0 saturated carbocycles. The van der Waals surface area contributed by atoms with Crippen LogP contribution in [0.2, 0.25) is 0 Å². The van der Waals surface area contributed by atoms with Crippen LogP contribution in [0, 0.1) is 13.8 Å². The van der Waals surface area contributed by atoms with E-state index in [9.17, 15) is 9.59 Å². The van der Waals surface area contributed by atoms with Gasteiger partial charge in [-0.25, -0.2) is 0 Å². The van der Waals surface area contributed by atoms with Crippen molar-refractivity contribution in [3.05, 3.63) is 17.5 Å². The summed E-state index contributed by atoms with van der Waals surface area (Å²) in [6, 6.07) is 1.64. The second-order valence-electron chi connectivity index (χ2n) is 6.47. The number of ether oxygens (including phenoxy) is 1. The van der Waals surface area contributed by atoms with Crippen molar-refractivity contribution in [2.75, 3.05) is 20.3 Å². The number of carbonyl (C=O) groups is 2. The van der Waals surface area contributed by atoms with E-state index < -0.39 is 6.04 Å². The van der Waals surface area contributed by atoms with E-state index in [0.717, 1.165) is 30.8 Å². The van der Waals surface area contributed by atoms with Gasteiger partial charge in [-0.3, -0.25) is 14.3 Å². The summed E-state index contributed by atoms with van der Waals surface area (Å²) in [5.74, 6) is -0.218. The largest absolute Gasteiger partial charge is 0.385 e. The van der Waals surface area contributed by atoms with Crippen molar-refractivity contribution in [3.63, 3.8) is 0 Å². The Kier molecular flexibility index (Phi) is 6.36. The highest BCUT2D eigenvalue weighted by atomic mass is 16.5. The van der Waals surface area contributed by atoms with Crippen LogP contribution in [0.1, 0.15) is 37.6 Å². The third-order valence-corrected chi connectivity index (χ3v) is 4.43. The maximum absolute atomic E-state index is 12.9. The molecule has 7 nitrogen and oxygen atoms in total. The molecule has 1 aromatic heterocycles. The summed E-state index contributed by atoms with van der Waals surface area (Å²) >= 11 is 0. The highest BCUT2D eigenvalue weighted by Crippen LogP contribution is 2.21. The summed E-state index contributed by atoms with van der Waals surface area (Å²) in [5, 5.41) is 7.26. The number of aromatic nitrogens is 2. The third kappa shape index (κ3) is 4.56. The number of hydrogen-bond acceptors (Lipinski definition) is 4. The zero-order valence-electron chi connectivity index (χ0n) is 15.0. The van der Waals surface area contributed by atoms with E-state index >= 15 is 0 Å². The van der Waals surface area contributed by atoms with E-state index in [1.807, 2.05) is 29.5 Å². The second-order valence-corrected chi connectivity index (χ2v) is 6.47. The molecule has 1 aliphatic rings. The molecule has 0 bridgehead atoms. The van der Waals surface area contributed by atoms with Crippen molar-refractivity contribution in [2.45, 2.75) is 58.7 Å². The zero-order valence-corrected chi connectivity index (χ0v) is 15.0. The fourth-order valence-electron chi connectivity index (χ4n) is 3.31. The van der Waals surface area contributed by atoms with Crippen molar-refractivity contribution >= 4 is 11.8 Å². The van der Waals surface area contributed by atoms with Crippen LogP contribution < -0.4 is 5.32 Å². The van der Waals surface area contributed by atoms with Gasteiger partial charge in [-0.2, -0.15) is 5.10 Å². The topological polar surface area (TPSA) is 76.5 Å². The van der Waals surface area contributed by atoms with Gasteiger partial charge in [-0.05, 0) is 39.2 Å². The Morgan fingerprint density at radius 1 is 1.46 bits per heavy atom.